The summed E-state index contributed by atoms with van der Waals surface area (Å²) < 4.78 is 1.29. The lowest BCUT2D eigenvalue weighted by atomic mass is 9.86. The number of anilines is 1. The van der Waals surface area contributed by atoms with E-state index in [1.165, 1.54) is 4.57 Å². The highest BCUT2D eigenvalue weighted by atomic mass is 16.2. The number of hydrogen-bond acceptors (Lipinski definition) is 3. The van der Waals surface area contributed by atoms with Gasteiger partial charge in [0, 0.05) is 6.04 Å². The highest BCUT2D eigenvalue weighted by molar-refractivity contribution is 5.48. The molecule has 0 unspecified atom stereocenters. The average molecular weight is 299 g/mol. The third kappa shape index (κ3) is 2.36. The molecular formula is C17H21N3O2. The SMILES string of the molecule is CC(C)n1c(=O)[nH]c2c(c1=O)C[C@@H](C)[C@H](c1ccccc1)N2. The lowest BCUT2D eigenvalue weighted by molar-refractivity contribution is 0.458. The van der Waals surface area contributed by atoms with Crippen molar-refractivity contribution in [3.63, 3.8) is 0 Å². The van der Waals surface area contributed by atoms with E-state index in [1.54, 1.807) is 0 Å². The van der Waals surface area contributed by atoms with E-state index in [4.69, 9.17) is 0 Å². The molecule has 2 aromatic rings. The summed E-state index contributed by atoms with van der Waals surface area (Å²) in [7, 11) is 0. The minimum absolute atomic E-state index is 0.0960. The van der Waals surface area contributed by atoms with Crippen molar-refractivity contribution in [2.24, 2.45) is 5.92 Å². The summed E-state index contributed by atoms with van der Waals surface area (Å²) in [5, 5.41) is 3.34. The van der Waals surface area contributed by atoms with Crippen molar-refractivity contribution >= 4 is 5.82 Å². The van der Waals surface area contributed by atoms with Crippen LogP contribution in [0.5, 0.6) is 0 Å². The molecule has 1 aliphatic rings. The van der Waals surface area contributed by atoms with Crippen molar-refractivity contribution in [2.75, 3.05) is 5.32 Å². The van der Waals surface area contributed by atoms with E-state index in [9.17, 15) is 9.59 Å². The van der Waals surface area contributed by atoms with Crippen molar-refractivity contribution in [1.82, 2.24) is 9.55 Å². The van der Waals surface area contributed by atoms with Crippen molar-refractivity contribution in [1.29, 1.82) is 0 Å². The van der Waals surface area contributed by atoms with Crippen molar-refractivity contribution < 1.29 is 0 Å². The van der Waals surface area contributed by atoms with Crippen LogP contribution in [0.25, 0.3) is 0 Å². The van der Waals surface area contributed by atoms with Crippen LogP contribution in [0.4, 0.5) is 5.82 Å². The molecule has 0 bridgehead atoms. The van der Waals surface area contributed by atoms with Gasteiger partial charge in [-0.05, 0) is 31.7 Å². The Morgan fingerprint density at radius 2 is 1.86 bits per heavy atom. The molecule has 5 heteroatoms. The number of fused-ring (bicyclic) bond motifs is 1. The number of nitrogens with one attached hydrogen (secondary N) is 2. The Balaban J connectivity index is 2.08. The van der Waals surface area contributed by atoms with Gasteiger partial charge in [0.25, 0.3) is 5.56 Å². The molecule has 1 aromatic heterocycles. The van der Waals surface area contributed by atoms with Crippen LogP contribution < -0.4 is 16.6 Å². The second-order valence-corrected chi connectivity index (χ2v) is 6.27. The molecule has 0 radical (unpaired) electrons. The smallest absolute Gasteiger partial charge is 0.330 e. The molecule has 0 spiro atoms. The molecule has 0 saturated heterocycles. The Kier molecular flexibility index (Phi) is 3.64. The second kappa shape index (κ2) is 5.48. The quantitative estimate of drug-likeness (QED) is 0.895. The van der Waals surface area contributed by atoms with Gasteiger partial charge in [0.15, 0.2) is 0 Å². The van der Waals surface area contributed by atoms with Crippen LogP contribution in [0.3, 0.4) is 0 Å². The van der Waals surface area contributed by atoms with Gasteiger partial charge < -0.3 is 5.32 Å². The third-order valence-corrected chi connectivity index (χ3v) is 4.30. The number of nitrogens with zero attached hydrogens (tertiary/aromatic N) is 1. The fraction of sp³-hybridized carbons (Fsp3) is 0.412. The van der Waals surface area contributed by atoms with Crippen LogP contribution in [0.2, 0.25) is 0 Å². The number of hydrogen-bond donors (Lipinski definition) is 2. The van der Waals surface area contributed by atoms with E-state index in [0.717, 1.165) is 5.56 Å². The predicted molar refractivity (Wildman–Crippen MR) is 87.4 cm³/mol. The van der Waals surface area contributed by atoms with E-state index in [1.807, 2.05) is 32.0 Å². The van der Waals surface area contributed by atoms with E-state index in [-0.39, 0.29) is 29.3 Å². The maximum absolute atomic E-state index is 12.6. The first kappa shape index (κ1) is 14.6. The van der Waals surface area contributed by atoms with Gasteiger partial charge in [0.05, 0.1) is 11.6 Å². The number of aromatic nitrogens is 2. The van der Waals surface area contributed by atoms with Crippen LogP contribution in [-0.2, 0) is 6.42 Å². The predicted octanol–water partition coefficient (Wildman–Crippen LogP) is 2.46. The Labute approximate surface area is 129 Å². The molecule has 0 fully saturated rings. The van der Waals surface area contributed by atoms with Gasteiger partial charge in [-0.1, -0.05) is 37.3 Å². The topological polar surface area (TPSA) is 66.9 Å². The molecule has 2 N–H and O–H groups in total. The number of rotatable bonds is 2. The summed E-state index contributed by atoms with van der Waals surface area (Å²) >= 11 is 0. The van der Waals surface area contributed by atoms with Gasteiger partial charge in [-0.25, -0.2) is 4.79 Å². The average Bonchev–Trinajstić information content (AvgIpc) is 2.48. The molecular weight excluding hydrogens is 278 g/mol. The molecule has 5 nitrogen and oxygen atoms in total. The number of benzene rings is 1. The minimum Gasteiger partial charge on any atom is -0.364 e. The summed E-state index contributed by atoms with van der Waals surface area (Å²) in [5.41, 5.74) is 1.30. The van der Waals surface area contributed by atoms with Crippen molar-refractivity contribution in [2.45, 2.75) is 39.3 Å². The summed E-state index contributed by atoms with van der Waals surface area (Å²) in [4.78, 5) is 27.5. The highest BCUT2D eigenvalue weighted by Gasteiger charge is 2.29. The first-order valence-electron chi connectivity index (χ1n) is 7.68. The molecule has 22 heavy (non-hydrogen) atoms. The van der Waals surface area contributed by atoms with Crippen LogP contribution in [0.1, 0.15) is 44.0 Å². The Morgan fingerprint density at radius 3 is 2.50 bits per heavy atom. The van der Waals surface area contributed by atoms with Gasteiger partial charge in [-0.15, -0.1) is 0 Å². The fourth-order valence-electron chi connectivity index (χ4n) is 3.18. The fourth-order valence-corrected chi connectivity index (χ4v) is 3.18. The van der Waals surface area contributed by atoms with Crippen LogP contribution in [-0.4, -0.2) is 9.55 Å². The Hall–Kier alpha value is -2.30. The first-order valence-corrected chi connectivity index (χ1v) is 7.68. The normalized spacial score (nSPS) is 20.5. The zero-order valence-electron chi connectivity index (χ0n) is 13.1. The maximum atomic E-state index is 12.6. The molecule has 3 rings (SSSR count). The largest absolute Gasteiger partial charge is 0.364 e. The summed E-state index contributed by atoms with van der Waals surface area (Å²) in [6.07, 6.45) is 0.657. The zero-order valence-corrected chi connectivity index (χ0v) is 13.1. The molecule has 0 aliphatic carbocycles. The van der Waals surface area contributed by atoms with Gasteiger partial charge in [-0.3, -0.25) is 14.3 Å². The second-order valence-electron chi connectivity index (χ2n) is 6.27. The van der Waals surface area contributed by atoms with Crippen LogP contribution in [0, 0.1) is 5.92 Å². The monoisotopic (exact) mass is 299 g/mol. The number of H-pyrrole nitrogens is 1. The van der Waals surface area contributed by atoms with E-state index < -0.39 is 0 Å². The van der Waals surface area contributed by atoms with Crippen molar-refractivity contribution in [3.8, 4) is 0 Å². The van der Waals surface area contributed by atoms with Gasteiger partial charge in [-0.2, -0.15) is 0 Å². The first-order chi connectivity index (χ1) is 10.5. The molecule has 1 aliphatic heterocycles. The standard InChI is InChI=1S/C17H21N3O2/c1-10(2)20-16(21)13-9-11(3)14(12-7-5-4-6-8-12)18-15(13)19-17(20)22/h4-8,10-11,14,18H,9H2,1-3H3,(H,19,22)/t11-,14-/m1/s1. The van der Waals surface area contributed by atoms with E-state index in [0.29, 0.717) is 17.8 Å². The summed E-state index contributed by atoms with van der Waals surface area (Å²) in [6.45, 7) is 5.81. The summed E-state index contributed by atoms with van der Waals surface area (Å²) in [6, 6.07) is 10.0. The molecule has 0 saturated carbocycles. The molecule has 1 aromatic carbocycles. The van der Waals surface area contributed by atoms with Crippen LogP contribution in [0.15, 0.2) is 39.9 Å². The highest BCUT2D eigenvalue weighted by Crippen LogP contribution is 2.33. The van der Waals surface area contributed by atoms with Gasteiger partial charge >= 0.3 is 5.69 Å². The van der Waals surface area contributed by atoms with E-state index in [2.05, 4.69) is 29.4 Å². The van der Waals surface area contributed by atoms with E-state index >= 15 is 0 Å². The number of aromatic amines is 1. The Bertz CT molecular complexity index is 790. The molecule has 116 valence electrons. The molecule has 2 heterocycles. The lowest BCUT2D eigenvalue weighted by Crippen LogP contribution is -2.42. The minimum atomic E-state index is -0.354. The van der Waals surface area contributed by atoms with Crippen molar-refractivity contribution in [3.05, 3.63) is 62.3 Å². The Morgan fingerprint density at radius 1 is 1.18 bits per heavy atom. The zero-order chi connectivity index (χ0) is 15.9. The van der Waals surface area contributed by atoms with Gasteiger partial charge in [0.1, 0.15) is 5.82 Å². The van der Waals surface area contributed by atoms with Gasteiger partial charge in [0.2, 0.25) is 0 Å². The maximum Gasteiger partial charge on any atom is 0.330 e. The third-order valence-electron chi connectivity index (χ3n) is 4.30. The lowest BCUT2D eigenvalue weighted by Gasteiger charge is -2.32. The molecule has 2 atom stereocenters. The summed E-state index contributed by atoms with van der Waals surface area (Å²) in [5.74, 6) is 0.841. The molecule has 0 amide bonds. The van der Waals surface area contributed by atoms with Crippen LogP contribution >= 0.6 is 0 Å².